The molecule has 0 aliphatic heterocycles. The van der Waals surface area contributed by atoms with Crippen molar-refractivity contribution in [3.05, 3.63) is 35.4 Å². The lowest BCUT2D eigenvalue weighted by Crippen LogP contribution is -2.40. The first kappa shape index (κ1) is 14.6. The van der Waals surface area contributed by atoms with E-state index in [1.165, 1.54) is 68.9 Å². The maximum absolute atomic E-state index is 6.71. The molecule has 2 rings (SSSR count). The Kier molecular flexibility index (Phi) is 5.45. The van der Waals surface area contributed by atoms with Gasteiger partial charge in [-0.2, -0.15) is 0 Å². The summed E-state index contributed by atoms with van der Waals surface area (Å²) in [6.45, 7) is 2.27. The molecule has 0 fully saturated rings. The van der Waals surface area contributed by atoms with Gasteiger partial charge >= 0.3 is 0 Å². The molecule has 0 heterocycles. The first-order valence-corrected chi connectivity index (χ1v) is 8.13. The minimum absolute atomic E-state index is 0.0421. The van der Waals surface area contributed by atoms with Gasteiger partial charge in [-0.25, -0.2) is 0 Å². The first-order valence-electron chi connectivity index (χ1n) is 8.13. The van der Waals surface area contributed by atoms with Crippen molar-refractivity contribution >= 4 is 0 Å². The molecule has 0 saturated heterocycles. The van der Waals surface area contributed by atoms with E-state index in [1.807, 2.05) is 0 Å². The van der Waals surface area contributed by atoms with Crippen molar-refractivity contribution in [2.45, 2.75) is 76.7 Å². The fourth-order valence-electron chi connectivity index (χ4n) is 3.43. The summed E-state index contributed by atoms with van der Waals surface area (Å²) in [4.78, 5) is 0. The van der Waals surface area contributed by atoms with Gasteiger partial charge in [-0.15, -0.1) is 0 Å². The van der Waals surface area contributed by atoms with Gasteiger partial charge in [0.15, 0.2) is 0 Å². The molecular weight excluding hydrogens is 230 g/mol. The van der Waals surface area contributed by atoms with Crippen molar-refractivity contribution in [2.24, 2.45) is 5.73 Å². The highest BCUT2D eigenvalue weighted by Crippen LogP contribution is 2.36. The molecule has 0 spiro atoms. The summed E-state index contributed by atoms with van der Waals surface area (Å²) in [5.41, 5.74) is 9.58. The largest absolute Gasteiger partial charge is 0.321 e. The maximum atomic E-state index is 6.71. The van der Waals surface area contributed by atoms with E-state index in [0.29, 0.717) is 0 Å². The number of nitrogens with two attached hydrogens (primary N) is 1. The normalized spacial score (nSPS) is 22.2. The molecule has 1 unspecified atom stereocenters. The molecule has 106 valence electrons. The number of hydrogen-bond acceptors (Lipinski definition) is 1. The molecule has 0 bridgehead atoms. The molecule has 0 radical (unpaired) electrons. The van der Waals surface area contributed by atoms with Crippen LogP contribution in [-0.4, -0.2) is 0 Å². The topological polar surface area (TPSA) is 26.0 Å². The van der Waals surface area contributed by atoms with E-state index in [-0.39, 0.29) is 5.54 Å². The molecule has 1 aliphatic carbocycles. The zero-order valence-electron chi connectivity index (χ0n) is 12.5. The van der Waals surface area contributed by atoms with E-state index in [9.17, 15) is 0 Å². The fourth-order valence-corrected chi connectivity index (χ4v) is 3.43. The van der Waals surface area contributed by atoms with E-state index in [4.69, 9.17) is 5.73 Å². The SMILES string of the molecule is CCCCCCCCC1(N)CCCc2ccccc21. The van der Waals surface area contributed by atoms with Crippen LogP contribution in [0, 0.1) is 0 Å². The Morgan fingerprint density at radius 2 is 1.79 bits per heavy atom. The highest BCUT2D eigenvalue weighted by Gasteiger charge is 2.31. The summed E-state index contributed by atoms with van der Waals surface area (Å²) in [5, 5.41) is 0. The van der Waals surface area contributed by atoms with Crippen molar-refractivity contribution in [2.75, 3.05) is 0 Å². The number of fused-ring (bicyclic) bond motifs is 1. The van der Waals surface area contributed by atoms with Gasteiger partial charge in [-0.3, -0.25) is 0 Å². The Hall–Kier alpha value is -0.820. The minimum Gasteiger partial charge on any atom is -0.321 e. The van der Waals surface area contributed by atoms with E-state index in [0.717, 1.165) is 6.42 Å². The van der Waals surface area contributed by atoms with Gasteiger partial charge in [-0.1, -0.05) is 69.7 Å². The zero-order chi connectivity index (χ0) is 13.6. The van der Waals surface area contributed by atoms with E-state index >= 15 is 0 Å². The summed E-state index contributed by atoms with van der Waals surface area (Å²) >= 11 is 0. The highest BCUT2D eigenvalue weighted by atomic mass is 14.7. The molecule has 2 N–H and O–H groups in total. The third-order valence-electron chi connectivity index (χ3n) is 4.60. The van der Waals surface area contributed by atoms with Crippen LogP contribution in [0.1, 0.15) is 75.8 Å². The summed E-state index contributed by atoms with van der Waals surface area (Å²) in [7, 11) is 0. The fraction of sp³-hybridized carbons (Fsp3) is 0.667. The van der Waals surface area contributed by atoms with Crippen LogP contribution in [0.4, 0.5) is 0 Å². The van der Waals surface area contributed by atoms with Crippen molar-refractivity contribution < 1.29 is 0 Å². The van der Waals surface area contributed by atoms with Crippen LogP contribution in [-0.2, 0) is 12.0 Å². The van der Waals surface area contributed by atoms with Crippen molar-refractivity contribution in [1.29, 1.82) is 0 Å². The molecule has 0 amide bonds. The van der Waals surface area contributed by atoms with E-state index < -0.39 is 0 Å². The average Bonchev–Trinajstić information content (AvgIpc) is 2.43. The van der Waals surface area contributed by atoms with Crippen LogP contribution in [0.3, 0.4) is 0 Å². The summed E-state index contributed by atoms with van der Waals surface area (Å²) in [5.74, 6) is 0. The Balaban J connectivity index is 1.86. The Labute approximate surface area is 118 Å². The summed E-state index contributed by atoms with van der Waals surface area (Å²) in [6.07, 6.45) is 12.9. The second kappa shape index (κ2) is 7.09. The Morgan fingerprint density at radius 1 is 1.05 bits per heavy atom. The van der Waals surface area contributed by atoms with Crippen molar-refractivity contribution in [3.8, 4) is 0 Å². The van der Waals surface area contributed by atoms with Crippen LogP contribution in [0.15, 0.2) is 24.3 Å². The van der Waals surface area contributed by atoms with Crippen LogP contribution in [0.5, 0.6) is 0 Å². The van der Waals surface area contributed by atoms with Crippen LogP contribution in [0.25, 0.3) is 0 Å². The molecule has 1 nitrogen and oxygen atoms in total. The number of unbranched alkanes of at least 4 members (excludes halogenated alkanes) is 5. The quantitative estimate of drug-likeness (QED) is 0.690. The molecule has 0 saturated carbocycles. The van der Waals surface area contributed by atoms with E-state index in [1.54, 1.807) is 0 Å². The molecular formula is C18H29N. The van der Waals surface area contributed by atoms with Crippen molar-refractivity contribution in [3.63, 3.8) is 0 Å². The third kappa shape index (κ3) is 3.82. The van der Waals surface area contributed by atoms with Crippen LogP contribution in [0.2, 0.25) is 0 Å². The van der Waals surface area contributed by atoms with E-state index in [2.05, 4.69) is 31.2 Å². The second-order valence-electron chi connectivity index (χ2n) is 6.18. The van der Waals surface area contributed by atoms with Crippen LogP contribution < -0.4 is 5.73 Å². The zero-order valence-corrected chi connectivity index (χ0v) is 12.5. The number of aryl methyl sites for hydroxylation is 1. The third-order valence-corrected chi connectivity index (χ3v) is 4.60. The summed E-state index contributed by atoms with van der Waals surface area (Å²) < 4.78 is 0. The second-order valence-corrected chi connectivity index (χ2v) is 6.18. The predicted molar refractivity (Wildman–Crippen MR) is 83.2 cm³/mol. The molecule has 1 aromatic carbocycles. The van der Waals surface area contributed by atoms with Gasteiger partial charge in [0.2, 0.25) is 0 Å². The summed E-state index contributed by atoms with van der Waals surface area (Å²) in [6, 6.07) is 8.81. The first-order chi connectivity index (χ1) is 9.26. The van der Waals surface area contributed by atoms with Gasteiger partial charge in [0, 0.05) is 5.54 Å². The lowest BCUT2D eigenvalue weighted by Gasteiger charge is -2.36. The Bertz CT molecular complexity index is 385. The molecule has 1 aliphatic rings. The van der Waals surface area contributed by atoms with Gasteiger partial charge in [0.25, 0.3) is 0 Å². The lowest BCUT2D eigenvalue weighted by molar-refractivity contribution is 0.331. The minimum atomic E-state index is -0.0421. The Morgan fingerprint density at radius 3 is 2.63 bits per heavy atom. The highest BCUT2D eigenvalue weighted by molar-refractivity contribution is 5.35. The van der Waals surface area contributed by atoms with Gasteiger partial charge < -0.3 is 5.73 Å². The maximum Gasteiger partial charge on any atom is 0.0412 e. The molecule has 1 heteroatoms. The van der Waals surface area contributed by atoms with Gasteiger partial charge in [-0.05, 0) is 36.8 Å². The monoisotopic (exact) mass is 259 g/mol. The standard InChI is InChI=1S/C18H29N/c1-2-3-4-5-6-9-14-18(19)15-10-12-16-11-7-8-13-17(16)18/h7-8,11,13H,2-6,9-10,12,14-15,19H2,1H3. The number of hydrogen-bond donors (Lipinski definition) is 1. The van der Waals surface area contributed by atoms with Crippen molar-refractivity contribution in [1.82, 2.24) is 0 Å². The molecule has 1 aromatic rings. The van der Waals surface area contributed by atoms with Crippen LogP contribution >= 0.6 is 0 Å². The average molecular weight is 259 g/mol. The lowest BCUT2D eigenvalue weighted by atomic mass is 9.74. The molecule has 1 atom stereocenters. The molecule has 0 aromatic heterocycles. The predicted octanol–water partition coefficient (Wildman–Crippen LogP) is 4.93. The van der Waals surface area contributed by atoms with Gasteiger partial charge in [0.1, 0.15) is 0 Å². The number of rotatable bonds is 7. The number of benzene rings is 1. The smallest absolute Gasteiger partial charge is 0.0412 e. The van der Waals surface area contributed by atoms with Gasteiger partial charge in [0.05, 0.1) is 0 Å². The molecule has 19 heavy (non-hydrogen) atoms.